The van der Waals surface area contributed by atoms with Crippen LogP contribution < -0.4 is 5.73 Å². The van der Waals surface area contributed by atoms with Crippen LogP contribution in [-0.2, 0) is 0 Å². The average molecular weight is 138 g/mol. The first-order valence-corrected chi connectivity index (χ1v) is 3.32. The van der Waals surface area contributed by atoms with Crippen molar-refractivity contribution in [1.82, 2.24) is 9.55 Å². The van der Waals surface area contributed by atoms with Gasteiger partial charge in [0.15, 0.2) is 0 Å². The lowest BCUT2D eigenvalue weighted by molar-refractivity contribution is 0.682. The first-order valence-electron chi connectivity index (χ1n) is 3.32. The lowest BCUT2D eigenvalue weighted by atomic mass is 10.2. The van der Waals surface area contributed by atoms with Gasteiger partial charge in [-0.2, -0.15) is 0 Å². The van der Waals surface area contributed by atoms with E-state index in [0.717, 1.165) is 0 Å². The van der Waals surface area contributed by atoms with E-state index >= 15 is 0 Å². The van der Waals surface area contributed by atoms with Gasteiger partial charge in [0.1, 0.15) is 5.82 Å². The van der Waals surface area contributed by atoms with E-state index in [1.807, 2.05) is 11.1 Å². The topological polar surface area (TPSA) is 43.8 Å². The molecule has 0 saturated carbocycles. The van der Waals surface area contributed by atoms with Gasteiger partial charge in [0.05, 0.1) is 12.9 Å². The molecule has 3 heteroatoms. The van der Waals surface area contributed by atoms with Gasteiger partial charge in [-0.3, -0.25) is 0 Å². The molecule has 0 fully saturated rings. The van der Waals surface area contributed by atoms with Crippen LogP contribution in [0.5, 0.6) is 0 Å². The molecule has 0 saturated heterocycles. The molecule has 0 aliphatic rings. The van der Waals surface area contributed by atoms with Crippen molar-refractivity contribution < 1.29 is 0 Å². The Morgan fingerprint density at radius 1 is 1.70 bits per heavy atom. The molecule has 10 heavy (non-hydrogen) atoms. The highest BCUT2D eigenvalue weighted by Gasteiger charge is 1.96. The van der Waals surface area contributed by atoms with E-state index in [4.69, 9.17) is 5.73 Å². The Bertz CT molecular complexity index is 202. The highest BCUT2D eigenvalue weighted by molar-refractivity contribution is 5.23. The molecule has 0 spiro atoms. The summed E-state index contributed by atoms with van der Waals surface area (Å²) in [4.78, 5) is 3.88. The standard InChI is InChI=1S/C7H12N3/c1-6(2)3-10-4-7(8)9-5-10/h3-6H,8H2,1-2H3. The minimum Gasteiger partial charge on any atom is -0.382 e. The Morgan fingerprint density at radius 3 is 2.80 bits per heavy atom. The van der Waals surface area contributed by atoms with Crippen LogP contribution in [0.2, 0.25) is 0 Å². The molecule has 1 heterocycles. The molecule has 3 nitrogen and oxygen atoms in total. The molecule has 1 radical (unpaired) electrons. The maximum atomic E-state index is 5.40. The minimum absolute atomic E-state index is 0.522. The molecule has 2 N–H and O–H groups in total. The van der Waals surface area contributed by atoms with Crippen molar-refractivity contribution in [2.45, 2.75) is 13.8 Å². The van der Waals surface area contributed by atoms with Gasteiger partial charge >= 0.3 is 0 Å². The fourth-order valence-corrected chi connectivity index (χ4v) is 0.779. The molecular formula is C7H12N3. The summed E-state index contributed by atoms with van der Waals surface area (Å²) in [5.41, 5.74) is 5.40. The number of hydrogen-bond donors (Lipinski definition) is 1. The number of nitrogens with two attached hydrogens (primary N) is 1. The molecule has 0 aliphatic heterocycles. The largest absolute Gasteiger partial charge is 0.382 e. The van der Waals surface area contributed by atoms with Crippen molar-refractivity contribution in [3.63, 3.8) is 0 Å². The van der Waals surface area contributed by atoms with Gasteiger partial charge in [-0.15, -0.1) is 0 Å². The monoisotopic (exact) mass is 138 g/mol. The molecule has 55 valence electrons. The van der Waals surface area contributed by atoms with Crippen molar-refractivity contribution in [3.8, 4) is 0 Å². The zero-order valence-corrected chi connectivity index (χ0v) is 6.28. The van der Waals surface area contributed by atoms with Gasteiger partial charge in [0.25, 0.3) is 0 Å². The summed E-state index contributed by atoms with van der Waals surface area (Å²) < 4.78 is 1.88. The second-order valence-corrected chi connectivity index (χ2v) is 2.64. The number of aromatic nitrogens is 2. The van der Waals surface area contributed by atoms with E-state index in [-0.39, 0.29) is 0 Å². The number of hydrogen-bond acceptors (Lipinski definition) is 2. The van der Waals surface area contributed by atoms with Crippen molar-refractivity contribution in [3.05, 3.63) is 19.1 Å². The van der Waals surface area contributed by atoms with E-state index in [2.05, 4.69) is 18.8 Å². The van der Waals surface area contributed by atoms with Crippen LogP contribution in [0, 0.1) is 12.5 Å². The molecule has 0 atom stereocenters. The highest BCUT2D eigenvalue weighted by Crippen LogP contribution is 2.03. The molecular weight excluding hydrogens is 126 g/mol. The summed E-state index contributed by atoms with van der Waals surface area (Å²) in [5, 5.41) is 0. The number of rotatable bonds is 2. The summed E-state index contributed by atoms with van der Waals surface area (Å²) >= 11 is 0. The van der Waals surface area contributed by atoms with Crippen LogP contribution in [0.1, 0.15) is 13.8 Å². The normalized spacial score (nSPS) is 10.7. The van der Waals surface area contributed by atoms with Gasteiger partial charge < -0.3 is 10.3 Å². The summed E-state index contributed by atoms with van der Waals surface area (Å²) in [6.07, 6.45) is 3.50. The third-order valence-electron chi connectivity index (χ3n) is 1.09. The molecule has 1 aromatic rings. The molecule has 1 aromatic heterocycles. The molecule has 0 aliphatic carbocycles. The Morgan fingerprint density at radius 2 is 2.40 bits per heavy atom. The fraction of sp³-hybridized carbons (Fsp3) is 0.429. The summed E-state index contributed by atoms with van der Waals surface area (Å²) in [6.45, 7) is 6.26. The van der Waals surface area contributed by atoms with E-state index in [1.165, 1.54) is 0 Å². The second-order valence-electron chi connectivity index (χ2n) is 2.64. The second kappa shape index (κ2) is 2.73. The fourth-order valence-electron chi connectivity index (χ4n) is 0.779. The summed E-state index contributed by atoms with van der Waals surface area (Å²) in [6, 6.07) is 0. The Balaban J connectivity index is 2.58. The van der Waals surface area contributed by atoms with Crippen LogP contribution >= 0.6 is 0 Å². The third kappa shape index (κ3) is 1.76. The van der Waals surface area contributed by atoms with Crippen LogP contribution in [-0.4, -0.2) is 9.55 Å². The first-order chi connectivity index (χ1) is 4.68. The SMILES string of the molecule is CC(C)[CH]n1cnc(N)c1. The van der Waals surface area contributed by atoms with E-state index in [1.54, 1.807) is 12.5 Å². The predicted molar refractivity (Wildman–Crippen MR) is 41.2 cm³/mol. The van der Waals surface area contributed by atoms with Crippen molar-refractivity contribution in [2.24, 2.45) is 5.92 Å². The number of nitrogens with zero attached hydrogens (tertiary/aromatic N) is 2. The van der Waals surface area contributed by atoms with Gasteiger partial charge in [-0.25, -0.2) is 4.98 Å². The molecule has 1 rings (SSSR count). The summed E-state index contributed by atoms with van der Waals surface area (Å²) in [7, 11) is 0. The maximum absolute atomic E-state index is 5.40. The van der Waals surface area contributed by atoms with E-state index in [0.29, 0.717) is 11.7 Å². The third-order valence-corrected chi connectivity index (χ3v) is 1.09. The molecule has 0 bridgehead atoms. The Kier molecular flexibility index (Phi) is 1.94. The number of nitrogen functional groups attached to an aromatic ring is 1. The van der Waals surface area contributed by atoms with E-state index < -0.39 is 0 Å². The van der Waals surface area contributed by atoms with Crippen LogP contribution in [0.25, 0.3) is 0 Å². The van der Waals surface area contributed by atoms with Crippen LogP contribution in [0.15, 0.2) is 12.5 Å². The molecule has 0 aromatic carbocycles. The predicted octanol–water partition coefficient (Wildman–Crippen LogP) is 1.13. The average Bonchev–Trinajstić information content (AvgIpc) is 2.13. The van der Waals surface area contributed by atoms with Crippen LogP contribution in [0.4, 0.5) is 5.82 Å². The first kappa shape index (κ1) is 7.12. The Labute approximate surface area is 60.9 Å². The number of imidazole rings is 1. The zero-order chi connectivity index (χ0) is 7.56. The van der Waals surface area contributed by atoms with Crippen molar-refractivity contribution >= 4 is 5.82 Å². The van der Waals surface area contributed by atoms with Crippen molar-refractivity contribution in [2.75, 3.05) is 5.73 Å². The highest BCUT2D eigenvalue weighted by atomic mass is 15.1. The molecule has 0 unspecified atom stereocenters. The lowest BCUT2D eigenvalue weighted by Crippen LogP contribution is -1.97. The van der Waals surface area contributed by atoms with Crippen molar-refractivity contribution in [1.29, 1.82) is 0 Å². The van der Waals surface area contributed by atoms with Gasteiger partial charge in [-0.1, -0.05) is 13.8 Å². The maximum Gasteiger partial charge on any atom is 0.141 e. The molecule has 0 amide bonds. The Hall–Kier alpha value is -0.990. The lowest BCUT2D eigenvalue weighted by Gasteiger charge is -2.02. The van der Waals surface area contributed by atoms with E-state index in [9.17, 15) is 0 Å². The van der Waals surface area contributed by atoms with Crippen LogP contribution in [0.3, 0.4) is 0 Å². The zero-order valence-electron chi connectivity index (χ0n) is 6.28. The van der Waals surface area contributed by atoms with Gasteiger partial charge in [0, 0.05) is 6.20 Å². The number of anilines is 1. The minimum atomic E-state index is 0.522. The van der Waals surface area contributed by atoms with Gasteiger partial charge in [0.2, 0.25) is 0 Å². The van der Waals surface area contributed by atoms with Gasteiger partial charge in [-0.05, 0) is 5.92 Å². The smallest absolute Gasteiger partial charge is 0.141 e. The summed E-state index contributed by atoms with van der Waals surface area (Å²) in [5.74, 6) is 1.09. The quantitative estimate of drug-likeness (QED) is 0.665.